The molecule has 3 aromatic rings. The molecule has 0 aliphatic carbocycles. The number of nitrogens with zero attached hydrogens (tertiary/aromatic N) is 1. The molecule has 0 aliphatic heterocycles. The molecule has 0 bridgehead atoms. The molecule has 3 nitrogen and oxygen atoms in total. The first-order valence-electron chi connectivity index (χ1n) is 5.90. The van der Waals surface area contributed by atoms with Gasteiger partial charge in [-0.15, -0.1) is 0 Å². The summed E-state index contributed by atoms with van der Waals surface area (Å²) in [4.78, 5) is 19.1. The fourth-order valence-corrected chi connectivity index (χ4v) is 2.07. The van der Waals surface area contributed by atoms with Gasteiger partial charge in [-0.1, -0.05) is 11.6 Å². The van der Waals surface area contributed by atoms with Gasteiger partial charge in [0, 0.05) is 17.8 Å². The summed E-state index contributed by atoms with van der Waals surface area (Å²) >= 11 is 0. The van der Waals surface area contributed by atoms with E-state index in [0.29, 0.717) is 22.3 Å². The van der Waals surface area contributed by atoms with Crippen LogP contribution in [0.4, 0.5) is 4.39 Å². The Balaban J connectivity index is 2.31. The van der Waals surface area contributed by atoms with Gasteiger partial charge in [0.1, 0.15) is 11.5 Å². The second kappa shape index (κ2) is 4.31. The molecular weight excluding hydrogens is 243 g/mol. The van der Waals surface area contributed by atoms with Crippen molar-refractivity contribution in [2.75, 3.05) is 0 Å². The molecule has 0 aliphatic rings. The van der Waals surface area contributed by atoms with Gasteiger partial charge in [-0.25, -0.2) is 9.37 Å². The quantitative estimate of drug-likeness (QED) is 0.725. The molecule has 0 spiro atoms. The van der Waals surface area contributed by atoms with Crippen molar-refractivity contribution in [2.24, 2.45) is 0 Å². The van der Waals surface area contributed by atoms with Crippen molar-refractivity contribution in [3.05, 3.63) is 64.2 Å². The minimum Gasteiger partial charge on any atom is -0.339 e. The number of rotatable bonds is 1. The molecule has 0 saturated heterocycles. The lowest BCUT2D eigenvalue weighted by Gasteiger charge is -2.06. The number of H-pyrrole nitrogens is 1. The molecule has 2 aromatic heterocycles. The molecule has 1 aromatic carbocycles. The molecule has 0 amide bonds. The first kappa shape index (κ1) is 11.6. The van der Waals surface area contributed by atoms with Crippen LogP contribution >= 0.6 is 0 Å². The highest BCUT2D eigenvalue weighted by molar-refractivity contribution is 5.78. The standard InChI is InChI=1S/C15H11FN2O/c1-9-4-5-12(16)11(7-9)13-8-14(19)10-3-2-6-17-15(10)18-13/h2-8H,1H3,(H,17,18,19). The van der Waals surface area contributed by atoms with Crippen molar-refractivity contribution >= 4 is 11.0 Å². The SMILES string of the molecule is Cc1ccc(F)c(-c2cc(=O)c3cccnc3[nH]2)c1. The topological polar surface area (TPSA) is 45.8 Å². The summed E-state index contributed by atoms with van der Waals surface area (Å²) in [5, 5.41) is 0.499. The molecule has 4 heteroatoms. The zero-order chi connectivity index (χ0) is 13.4. The molecule has 94 valence electrons. The minimum absolute atomic E-state index is 0.169. The van der Waals surface area contributed by atoms with Crippen molar-refractivity contribution in [1.29, 1.82) is 0 Å². The third-order valence-corrected chi connectivity index (χ3v) is 3.01. The number of hydrogen-bond donors (Lipinski definition) is 1. The van der Waals surface area contributed by atoms with Crippen molar-refractivity contribution in [3.8, 4) is 11.3 Å². The van der Waals surface area contributed by atoms with E-state index in [0.717, 1.165) is 5.56 Å². The van der Waals surface area contributed by atoms with E-state index in [1.807, 2.05) is 6.92 Å². The van der Waals surface area contributed by atoms with E-state index in [9.17, 15) is 9.18 Å². The van der Waals surface area contributed by atoms with Gasteiger partial charge in [0.2, 0.25) is 0 Å². The van der Waals surface area contributed by atoms with Gasteiger partial charge in [-0.2, -0.15) is 0 Å². The van der Waals surface area contributed by atoms with Crippen LogP contribution in [0.2, 0.25) is 0 Å². The molecule has 1 N–H and O–H groups in total. The normalized spacial score (nSPS) is 10.8. The minimum atomic E-state index is -0.364. The lowest BCUT2D eigenvalue weighted by molar-refractivity contribution is 0.630. The first-order chi connectivity index (χ1) is 9.15. The summed E-state index contributed by atoms with van der Waals surface area (Å²) in [6.45, 7) is 1.88. The Morgan fingerprint density at radius 1 is 1.21 bits per heavy atom. The Hall–Kier alpha value is -2.49. The number of benzene rings is 1. The van der Waals surface area contributed by atoms with Crippen molar-refractivity contribution in [2.45, 2.75) is 6.92 Å². The number of hydrogen-bond acceptors (Lipinski definition) is 2. The van der Waals surface area contributed by atoms with Gasteiger partial charge in [0.05, 0.1) is 11.1 Å². The molecule has 2 heterocycles. The van der Waals surface area contributed by atoms with E-state index in [4.69, 9.17) is 0 Å². The molecule has 0 saturated carbocycles. The van der Waals surface area contributed by atoms with Crippen LogP contribution in [0.3, 0.4) is 0 Å². The maximum atomic E-state index is 13.8. The fraction of sp³-hybridized carbons (Fsp3) is 0.0667. The van der Waals surface area contributed by atoms with Gasteiger partial charge in [0.15, 0.2) is 5.43 Å². The maximum Gasteiger partial charge on any atom is 0.191 e. The lowest BCUT2D eigenvalue weighted by Crippen LogP contribution is -2.04. The second-order valence-corrected chi connectivity index (χ2v) is 4.43. The second-order valence-electron chi connectivity index (χ2n) is 4.43. The van der Waals surface area contributed by atoms with E-state index >= 15 is 0 Å². The smallest absolute Gasteiger partial charge is 0.191 e. The third kappa shape index (κ3) is 2.01. The van der Waals surface area contributed by atoms with Crippen LogP contribution in [-0.4, -0.2) is 9.97 Å². The summed E-state index contributed by atoms with van der Waals surface area (Å²) in [5.41, 5.74) is 2.05. The Morgan fingerprint density at radius 3 is 2.89 bits per heavy atom. The molecular formula is C15H11FN2O. The highest BCUT2D eigenvalue weighted by atomic mass is 19.1. The van der Waals surface area contributed by atoms with Crippen LogP contribution in [-0.2, 0) is 0 Å². The number of halogens is 1. The van der Waals surface area contributed by atoms with E-state index in [1.165, 1.54) is 12.1 Å². The summed E-state index contributed by atoms with van der Waals surface area (Å²) < 4.78 is 13.8. The third-order valence-electron chi connectivity index (χ3n) is 3.01. The maximum absolute atomic E-state index is 13.8. The number of aromatic amines is 1. The van der Waals surface area contributed by atoms with E-state index in [1.54, 1.807) is 30.5 Å². The Labute approximate surface area is 108 Å². The van der Waals surface area contributed by atoms with Crippen LogP contribution in [0.15, 0.2) is 47.4 Å². The van der Waals surface area contributed by atoms with Crippen molar-refractivity contribution in [3.63, 3.8) is 0 Å². The summed E-state index contributed by atoms with van der Waals surface area (Å²) in [5.74, 6) is -0.364. The van der Waals surface area contributed by atoms with E-state index < -0.39 is 0 Å². The highest BCUT2D eigenvalue weighted by Gasteiger charge is 2.09. The average molecular weight is 254 g/mol. The molecule has 0 atom stereocenters. The summed E-state index contributed by atoms with van der Waals surface area (Å²) in [6, 6.07) is 9.58. The highest BCUT2D eigenvalue weighted by Crippen LogP contribution is 2.22. The number of aromatic nitrogens is 2. The number of aryl methyl sites for hydroxylation is 1. The predicted molar refractivity (Wildman–Crippen MR) is 72.5 cm³/mol. The summed E-state index contributed by atoms with van der Waals surface area (Å²) in [7, 11) is 0. The lowest BCUT2D eigenvalue weighted by atomic mass is 10.1. The average Bonchev–Trinajstić information content (AvgIpc) is 2.41. The molecule has 0 fully saturated rings. The number of fused-ring (bicyclic) bond motifs is 1. The first-order valence-corrected chi connectivity index (χ1v) is 5.90. The Morgan fingerprint density at radius 2 is 2.05 bits per heavy atom. The summed E-state index contributed by atoms with van der Waals surface area (Å²) in [6.07, 6.45) is 1.59. The van der Waals surface area contributed by atoms with Crippen LogP contribution < -0.4 is 5.43 Å². The number of pyridine rings is 2. The fourth-order valence-electron chi connectivity index (χ4n) is 2.07. The van der Waals surface area contributed by atoms with Crippen LogP contribution in [0.5, 0.6) is 0 Å². The zero-order valence-corrected chi connectivity index (χ0v) is 10.3. The van der Waals surface area contributed by atoms with E-state index in [-0.39, 0.29) is 11.2 Å². The largest absolute Gasteiger partial charge is 0.339 e. The monoisotopic (exact) mass is 254 g/mol. The van der Waals surface area contributed by atoms with E-state index in [2.05, 4.69) is 9.97 Å². The van der Waals surface area contributed by atoms with Crippen LogP contribution in [0.25, 0.3) is 22.3 Å². The van der Waals surface area contributed by atoms with Crippen molar-refractivity contribution in [1.82, 2.24) is 9.97 Å². The Kier molecular flexibility index (Phi) is 2.63. The molecule has 3 rings (SSSR count). The van der Waals surface area contributed by atoms with Gasteiger partial charge in [-0.05, 0) is 31.2 Å². The van der Waals surface area contributed by atoms with Crippen LogP contribution in [0, 0.1) is 12.7 Å². The Bertz CT molecular complexity index is 824. The van der Waals surface area contributed by atoms with Crippen molar-refractivity contribution < 1.29 is 4.39 Å². The molecule has 0 radical (unpaired) electrons. The zero-order valence-electron chi connectivity index (χ0n) is 10.3. The van der Waals surface area contributed by atoms with Gasteiger partial charge < -0.3 is 4.98 Å². The number of nitrogens with one attached hydrogen (secondary N) is 1. The molecule has 19 heavy (non-hydrogen) atoms. The predicted octanol–water partition coefficient (Wildman–Crippen LogP) is 3.04. The van der Waals surface area contributed by atoms with Gasteiger partial charge >= 0.3 is 0 Å². The van der Waals surface area contributed by atoms with Crippen LogP contribution in [0.1, 0.15) is 5.56 Å². The molecule has 0 unspecified atom stereocenters. The van der Waals surface area contributed by atoms with Gasteiger partial charge in [-0.3, -0.25) is 4.79 Å². The van der Waals surface area contributed by atoms with Gasteiger partial charge in [0.25, 0.3) is 0 Å².